The predicted molar refractivity (Wildman–Crippen MR) is 537 cm³/mol. The van der Waals surface area contributed by atoms with Gasteiger partial charge in [-0.1, -0.05) is 55.0 Å². The summed E-state index contributed by atoms with van der Waals surface area (Å²) in [4.78, 5) is 96.6. The molecule has 0 atom stereocenters. The molecule has 4 aliphatic heterocycles. The number of piperidine rings is 1. The lowest BCUT2D eigenvalue weighted by Gasteiger charge is -2.26. The van der Waals surface area contributed by atoms with Crippen LogP contribution in [0.4, 0.5) is 34.4 Å². The van der Waals surface area contributed by atoms with E-state index in [0.29, 0.717) is 34.2 Å². The maximum atomic E-state index is 13.1. The number of fused-ring (bicyclic) bond motifs is 4. The number of nitrogens with one attached hydrogen (secondary N) is 8. The van der Waals surface area contributed by atoms with Crippen LogP contribution in [0.2, 0.25) is 0 Å². The van der Waals surface area contributed by atoms with E-state index in [-0.39, 0.29) is 23.6 Å². The van der Waals surface area contributed by atoms with E-state index in [1.165, 1.54) is 85.6 Å². The molecule has 0 spiro atoms. The molecule has 20 rings (SSSR count). The number of amides is 4. The summed E-state index contributed by atoms with van der Waals surface area (Å²) in [7, 11) is 15.8. The van der Waals surface area contributed by atoms with Gasteiger partial charge >= 0.3 is 0 Å². The van der Waals surface area contributed by atoms with Crippen LogP contribution in [0.25, 0.3) is 88.1 Å². The van der Waals surface area contributed by atoms with E-state index in [1.807, 2.05) is 255 Å². The molecule has 4 amide bonds. The molecular weight excluding hydrogens is 1690 g/mol. The lowest BCUT2D eigenvalue weighted by Crippen LogP contribution is -2.29. The zero-order valence-corrected chi connectivity index (χ0v) is 77.9. The second kappa shape index (κ2) is 43.4. The van der Waals surface area contributed by atoms with Crippen LogP contribution in [0, 0.1) is 0 Å². The lowest BCUT2D eigenvalue weighted by molar-refractivity contribution is 0.101. The van der Waals surface area contributed by atoms with Crippen molar-refractivity contribution in [1.82, 2.24) is 100 Å². The Hall–Kier alpha value is -14.7. The maximum Gasteiger partial charge on any atom is 0.276 e. The van der Waals surface area contributed by atoms with Crippen LogP contribution < -0.4 is 31.1 Å². The number of pyridine rings is 6. The van der Waals surface area contributed by atoms with Crippen molar-refractivity contribution in [2.45, 2.75) is 97.1 Å². The van der Waals surface area contributed by atoms with Gasteiger partial charge in [0, 0.05) is 172 Å². The first-order valence-electron chi connectivity index (χ1n) is 46.3. The number of rotatable bonds is 26. The SMILES string of the molecule is CN(C)Cc1ccc(NC(=O)c2n[nH]c3ccc(-c4cncc(CN5CCCC5)c4)cc23)cc1.CN(C)Cc1cccc(NC(=O)c2n[nH]c3ccc(-c4cncc(CN5CCCC5)c4)cc23)c1.CN(C)c1ccc(NC(=O)c2n[nH]c3ccc(-c4cncc(CN5CCCC5)c4)cc23)cn1.CN(C)c1ccc(NC(=O)c2n[nH]c3ccc(-c4cncc(CN5CCCCC5)c4)cc23)cn1. The predicted octanol–water partition coefficient (Wildman–Crippen LogP) is 17.3. The van der Waals surface area contributed by atoms with Gasteiger partial charge in [0.25, 0.3) is 23.6 Å². The highest BCUT2D eigenvalue weighted by atomic mass is 16.2. The van der Waals surface area contributed by atoms with Crippen LogP contribution in [0.1, 0.15) is 133 Å². The molecule has 0 saturated carbocycles. The van der Waals surface area contributed by atoms with Gasteiger partial charge in [0.15, 0.2) is 22.8 Å². The molecule has 690 valence electrons. The number of likely N-dealkylation sites (tertiary alicyclic amines) is 4. The van der Waals surface area contributed by atoms with Crippen LogP contribution in [0.5, 0.6) is 0 Å². The zero-order valence-electron chi connectivity index (χ0n) is 77.9. The minimum atomic E-state index is -0.279. The number of aromatic amines is 4. The molecule has 30 nitrogen and oxygen atoms in total. The lowest BCUT2D eigenvalue weighted by atomic mass is 10.0. The standard InChI is InChI=1S/2C27H30N6O.C26H29N7O.C25H27N7O/c1-32(2)17-19-5-8-23(9-6-19)29-27(34)26-24-14-21(7-10-25(24)30-31-26)22-13-20(15-28-16-22)18-33-11-3-4-12-33;1-32(2)17-19-6-5-7-23(13-19)29-27(34)26-24-14-21(8-9-25(24)30-31-26)22-12-20(15-28-16-22)18-33-10-3-4-11-33;1-32(2)24-9-7-21(16-28-24)29-26(34)25-22-13-19(6-8-23(22)30-31-25)20-12-18(14-27-15-20)17-33-10-4-3-5-11-33;1-31(2)23-8-6-20(15-27-23)28-25(33)24-21-12-18(5-7-22(21)29-30-24)19-11-17(13-26-14-19)16-32-9-3-4-10-32/h5-10,13-16H,3-4,11-12,17-18H2,1-2H3,(H,29,34)(H,30,31);5-9,12-16H,3-4,10-11,17-18H2,1-2H3,(H,29,34)(H,30,31);6-9,12-16H,3-5,10-11,17H2,1-2H3,(H,29,34)(H,30,31);5-8,11-15H,3-4,9-10,16H2,1-2H3,(H,28,33)(H,29,30). The van der Waals surface area contributed by atoms with Gasteiger partial charge in [0.1, 0.15) is 11.6 Å². The van der Waals surface area contributed by atoms with Gasteiger partial charge in [-0.3, -0.25) is 79.1 Å². The summed E-state index contributed by atoms with van der Waals surface area (Å²) in [5.74, 6) is 0.627. The third-order valence-electron chi connectivity index (χ3n) is 24.6. The van der Waals surface area contributed by atoms with Gasteiger partial charge in [-0.05, 0) is 309 Å². The van der Waals surface area contributed by atoms with Gasteiger partial charge in [-0.15, -0.1) is 0 Å². The minimum absolute atomic E-state index is 0.230. The number of hydrogen-bond acceptors (Lipinski definition) is 22. The Morgan fingerprint density at radius 3 is 0.881 bits per heavy atom. The molecule has 8 N–H and O–H groups in total. The Kier molecular flexibility index (Phi) is 29.6. The van der Waals surface area contributed by atoms with E-state index in [2.05, 4.69) is 152 Å². The Labute approximate surface area is 785 Å². The van der Waals surface area contributed by atoms with Gasteiger partial charge in [0.05, 0.1) is 45.8 Å². The molecule has 0 bridgehead atoms. The average molecular weight is 1810 g/mol. The number of carbonyl (C=O) groups excluding carboxylic acids is 4. The summed E-state index contributed by atoms with van der Waals surface area (Å²) >= 11 is 0. The second-order valence-corrected chi connectivity index (χ2v) is 36.2. The van der Waals surface area contributed by atoms with Crippen LogP contribution in [-0.4, -0.2) is 232 Å². The van der Waals surface area contributed by atoms with Crippen molar-refractivity contribution in [2.75, 3.05) is 140 Å². The van der Waals surface area contributed by atoms with Crippen molar-refractivity contribution in [3.63, 3.8) is 0 Å². The monoisotopic (exact) mass is 1800 g/mol. The van der Waals surface area contributed by atoms with Crippen molar-refractivity contribution in [1.29, 1.82) is 0 Å². The number of H-pyrrole nitrogens is 4. The topological polar surface area (TPSA) is 334 Å². The van der Waals surface area contributed by atoms with Crippen molar-refractivity contribution in [2.24, 2.45) is 0 Å². The molecule has 30 heteroatoms. The first kappa shape index (κ1) is 92.2. The van der Waals surface area contributed by atoms with Crippen molar-refractivity contribution in [3.05, 3.63) is 288 Å². The van der Waals surface area contributed by atoms with Crippen molar-refractivity contribution < 1.29 is 19.2 Å². The molecule has 0 unspecified atom stereocenters. The van der Waals surface area contributed by atoms with Gasteiger partial charge in [0.2, 0.25) is 0 Å². The van der Waals surface area contributed by atoms with E-state index in [9.17, 15) is 19.2 Å². The van der Waals surface area contributed by atoms with Crippen LogP contribution >= 0.6 is 0 Å². The molecule has 4 aliphatic rings. The van der Waals surface area contributed by atoms with Crippen LogP contribution in [0.3, 0.4) is 0 Å². The fourth-order valence-electron chi connectivity index (χ4n) is 17.7. The van der Waals surface area contributed by atoms with E-state index in [0.717, 1.165) is 208 Å². The number of carbonyl (C=O) groups is 4. The number of benzene rings is 6. The molecular formula is C105H116N26O4. The molecule has 0 aliphatic carbocycles. The quantitative estimate of drug-likeness (QED) is 0.0250. The molecule has 14 heterocycles. The molecule has 4 fully saturated rings. The molecule has 16 aromatic rings. The highest BCUT2D eigenvalue weighted by molar-refractivity contribution is 6.14. The first-order chi connectivity index (χ1) is 65.7. The third kappa shape index (κ3) is 23.9. The van der Waals surface area contributed by atoms with E-state index in [1.54, 1.807) is 12.4 Å². The zero-order chi connectivity index (χ0) is 93.3. The Morgan fingerprint density at radius 1 is 0.281 bits per heavy atom. The Morgan fingerprint density at radius 2 is 0.578 bits per heavy atom. The number of nitrogens with zero attached hydrogens (tertiary/aromatic N) is 18. The van der Waals surface area contributed by atoms with Crippen LogP contribution in [0.15, 0.2) is 232 Å². The second-order valence-electron chi connectivity index (χ2n) is 36.2. The van der Waals surface area contributed by atoms with E-state index >= 15 is 0 Å². The maximum absolute atomic E-state index is 13.1. The fraction of sp³-hybridized carbons (Fsp3) is 0.295. The van der Waals surface area contributed by atoms with Gasteiger partial charge in [-0.2, -0.15) is 20.4 Å². The number of hydrogen-bond donors (Lipinski definition) is 8. The fourth-order valence-corrected chi connectivity index (χ4v) is 17.7. The van der Waals surface area contributed by atoms with Crippen LogP contribution in [-0.2, 0) is 39.3 Å². The van der Waals surface area contributed by atoms with Gasteiger partial charge in [-0.25, -0.2) is 9.97 Å². The summed E-state index contributed by atoms with van der Waals surface area (Å²) in [6, 6.07) is 56.0. The Balaban J connectivity index is 0.000000125. The van der Waals surface area contributed by atoms with E-state index < -0.39 is 0 Å². The highest BCUT2D eigenvalue weighted by Crippen LogP contribution is 2.34. The molecule has 0 radical (unpaired) electrons. The summed E-state index contributed by atoms with van der Waals surface area (Å²) in [5, 5.41) is 44.0. The molecule has 10 aromatic heterocycles. The molecule has 135 heavy (non-hydrogen) atoms. The van der Waals surface area contributed by atoms with Gasteiger partial charge < -0.3 is 40.9 Å². The van der Waals surface area contributed by atoms with E-state index in [4.69, 9.17) is 0 Å². The highest BCUT2D eigenvalue weighted by Gasteiger charge is 2.24. The number of anilines is 6. The molecule has 4 saturated heterocycles. The summed E-state index contributed by atoms with van der Waals surface area (Å²) < 4.78 is 0. The summed E-state index contributed by atoms with van der Waals surface area (Å²) in [5.41, 5.74) is 22.9. The first-order valence-corrected chi connectivity index (χ1v) is 46.3. The normalized spacial score (nSPS) is 14.2. The summed E-state index contributed by atoms with van der Waals surface area (Å²) in [6.07, 6.45) is 30.1. The third-order valence-corrected chi connectivity index (χ3v) is 24.6. The largest absolute Gasteiger partial charge is 0.363 e. The summed E-state index contributed by atoms with van der Waals surface area (Å²) in [6.45, 7) is 14.6. The minimum Gasteiger partial charge on any atom is -0.363 e. The average Bonchev–Trinajstić information content (AvgIpc) is 1.61. The molecule has 6 aromatic carbocycles. The van der Waals surface area contributed by atoms with Crippen molar-refractivity contribution >= 4 is 102 Å². The smallest absolute Gasteiger partial charge is 0.276 e. The van der Waals surface area contributed by atoms with Crippen molar-refractivity contribution in [3.8, 4) is 44.5 Å². The number of aromatic nitrogens is 14. The Bertz CT molecular complexity index is 6780.